The number of aryl methyl sites for hydroxylation is 2. The van der Waals surface area contributed by atoms with Crippen molar-refractivity contribution >= 4 is 11.6 Å². The molecule has 4 heteroatoms. The van der Waals surface area contributed by atoms with Crippen LogP contribution < -0.4 is 16.0 Å². The van der Waals surface area contributed by atoms with Crippen LogP contribution in [0.25, 0.3) is 0 Å². The maximum absolute atomic E-state index is 12.1. The van der Waals surface area contributed by atoms with E-state index in [0.717, 1.165) is 5.69 Å². The molecule has 0 bridgehead atoms. The molecule has 0 saturated carbocycles. The van der Waals surface area contributed by atoms with E-state index in [1.807, 2.05) is 0 Å². The third-order valence-corrected chi connectivity index (χ3v) is 3.91. The number of nitrogens with one attached hydrogen (secondary N) is 1. The molecule has 2 unspecified atom stereocenters. The van der Waals surface area contributed by atoms with E-state index in [0.29, 0.717) is 19.5 Å². The minimum atomic E-state index is -0.157. The van der Waals surface area contributed by atoms with Crippen molar-refractivity contribution in [1.29, 1.82) is 0 Å². The molecule has 0 radical (unpaired) electrons. The lowest BCUT2D eigenvalue weighted by Gasteiger charge is -2.42. The Morgan fingerprint density at radius 3 is 2.74 bits per heavy atom. The van der Waals surface area contributed by atoms with E-state index in [1.165, 1.54) is 11.1 Å². The Balaban J connectivity index is 2.36. The molecule has 1 aliphatic heterocycles. The number of hydrogen-bond donors (Lipinski definition) is 2. The van der Waals surface area contributed by atoms with Crippen LogP contribution in [0.3, 0.4) is 0 Å². The van der Waals surface area contributed by atoms with E-state index in [9.17, 15) is 4.79 Å². The van der Waals surface area contributed by atoms with Crippen LogP contribution in [-0.2, 0) is 4.79 Å². The Morgan fingerprint density at radius 1 is 1.37 bits per heavy atom. The van der Waals surface area contributed by atoms with Crippen LogP contribution in [-0.4, -0.2) is 31.1 Å². The van der Waals surface area contributed by atoms with Crippen molar-refractivity contribution in [3.63, 3.8) is 0 Å². The Kier molecular flexibility index (Phi) is 4.10. The monoisotopic (exact) mass is 261 g/mol. The number of piperazine rings is 1. The quantitative estimate of drug-likeness (QED) is 0.863. The second-order valence-electron chi connectivity index (χ2n) is 5.36. The lowest BCUT2D eigenvalue weighted by Crippen LogP contribution is -2.60. The molecule has 1 aliphatic rings. The molecule has 1 aromatic carbocycles. The number of carbonyl (C=O) groups is 1. The summed E-state index contributed by atoms with van der Waals surface area (Å²) in [6.45, 7) is 7.55. The third kappa shape index (κ3) is 2.73. The molecule has 1 aromatic rings. The topological polar surface area (TPSA) is 58.4 Å². The SMILES string of the molecule is Cc1ccc(N2C(C)CNC(=O)C2CCN)cc1C. The molecule has 1 amide bonds. The van der Waals surface area contributed by atoms with Crippen LogP contribution in [0.5, 0.6) is 0 Å². The van der Waals surface area contributed by atoms with Gasteiger partial charge in [0.2, 0.25) is 5.91 Å². The molecule has 1 saturated heterocycles. The fourth-order valence-corrected chi connectivity index (χ4v) is 2.65. The molecule has 104 valence electrons. The highest BCUT2D eigenvalue weighted by Crippen LogP contribution is 2.26. The number of rotatable bonds is 3. The minimum absolute atomic E-state index is 0.0850. The first-order valence-electron chi connectivity index (χ1n) is 6.88. The van der Waals surface area contributed by atoms with Crippen molar-refractivity contribution in [3.8, 4) is 0 Å². The lowest BCUT2D eigenvalue weighted by atomic mass is 10.0. The molecular weight excluding hydrogens is 238 g/mol. The standard InChI is InChI=1S/C15H23N3O/c1-10-4-5-13(8-11(10)2)18-12(3)9-17-15(19)14(18)6-7-16/h4-5,8,12,14H,6-7,9,16H2,1-3H3,(H,17,19). The van der Waals surface area contributed by atoms with Crippen LogP contribution in [0.1, 0.15) is 24.5 Å². The van der Waals surface area contributed by atoms with Crippen LogP contribution in [0.4, 0.5) is 5.69 Å². The predicted octanol–water partition coefficient (Wildman–Crippen LogP) is 1.35. The van der Waals surface area contributed by atoms with Gasteiger partial charge in [-0.05, 0) is 57.0 Å². The van der Waals surface area contributed by atoms with Crippen molar-refractivity contribution in [2.45, 2.75) is 39.3 Å². The fourth-order valence-electron chi connectivity index (χ4n) is 2.65. The van der Waals surface area contributed by atoms with Gasteiger partial charge in [0.15, 0.2) is 0 Å². The Hall–Kier alpha value is -1.55. The first-order valence-corrected chi connectivity index (χ1v) is 6.88. The van der Waals surface area contributed by atoms with E-state index < -0.39 is 0 Å². The predicted molar refractivity (Wildman–Crippen MR) is 78.3 cm³/mol. The summed E-state index contributed by atoms with van der Waals surface area (Å²) in [6.07, 6.45) is 0.684. The molecule has 0 aliphatic carbocycles. The second-order valence-corrected chi connectivity index (χ2v) is 5.36. The molecule has 1 heterocycles. The summed E-state index contributed by atoms with van der Waals surface area (Å²) in [5, 5.41) is 2.96. The largest absolute Gasteiger partial charge is 0.355 e. The van der Waals surface area contributed by atoms with E-state index in [-0.39, 0.29) is 18.0 Å². The van der Waals surface area contributed by atoms with Gasteiger partial charge in [-0.2, -0.15) is 0 Å². The zero-order chi connectivity index (χ0) is 14.0. The number of amides is 1. The molecule has 2 rings (SSSR count). The van der Waals surface area contributed by atoms with Gasteiger partial charge in [0.05, 0.1) is 0 Å². The van der Waals surface area contributed by atoms with Gasteiger partial charge in [-0.1, -0.05) is 6.07 Å². The summed E-state index contributed by atoms with van der Waals surface area (Å²) in [5.74, 6) is 0.0850. The van der Waals surface area contributed by atoms with Gasteiger partial charge >= 0.3 is 0 Å². The first-order chi connectivity index (χ1) is 9.04. The number of nitrogens with zero attached hydrogens (tertiary/aromatic N) is 1. The number of anilines is 1. The fraction of sp³-hybridized carbons (Fsp3) is 0.533. The Morgan fingerprint density at radius 2 is 2.11 bits per heavy atom. The van der Waals surface area contributed by atoms with Crippen LogP contribution in [0.15, 0.2) is 18.2 Å². The van der Waals surface area contributed by atoms with Crippen molar-refractivity contribution in [1.82, 2.24) is 5.32 Å². The smallest absolute Gasteiger partial charge is 0.242 e. The molecule has 0 aromatic heterocycles. The number of hydrogen-bond acceptors (Lipinski definition) is 3. The minimum Gasteiger partial charge on any atom is -0.355 e. The van der Waals surface area contributed by atoms with Crippen molar-refractivity contribution in [3.05, 3.63) is 29.3 Å². The van der Waals surface area contributed by atoms with Gasteiger partial charge in [0, 0.05) is 18.3 Å². The Labute approximate surface area is 115 Å². The summed E-state index contributed by atoms with van der Waals surface area (Å²) >= 11 is 0. The maximum Gasteiger partial charge on any atom is 0.242 e. The van der Waals surface area contributed by atoms with Gasteiger partial charge in [-0.15, -0.1) is 0 Å². The van der Waals surface area contributed by atoms with E-state index in [1.54, 1.807) is 0 Å². The zero-order valence-electron chi connectivity index (χ0n) is 11.9. The molecule has 3 N–H and O–H groups in total. The highest BCUT2D eigenvalue weighted by Gasteiger charge is 2.33. The van der Waals surface area contributed by atoms with E-state index in [4.69, 9.17) is 5.73 Å². The average molecular weight is 261 g/mol. The summed E-state index contributed by atoms with van der Waals surface area (Å²) in [7, 11) is 0. The lowest BCUT2D eigenvalue weighted by molar-refractivity contribution is -0.123. The highest BCUT2D eigenvalue weighted by atomic mass is 16.2. The van der Waals surface area contributed by atoms with Crippen LogP contribution >= 0.6 is 0 Å². The van der Waals surface area contributed by atoms with Gasteiger partial charge in [0.1, 0.15) is 6.04 Å². The van der Waals surface area contributed by atoms with Crippen molar-refractivity contribution < 1.29 is 4.79 Å². The molecule has 2 atom stereocenters. The van der Waals surface area contributed by atoms with E-state index >= 15 is 0 Å². The number of nitrogens with two attached hydrogens (primary N) is 1. The average Bonchev–Trinajstić information content (AvgIpc) is 2.38. The first kappa shape index (κ1) is 13.9. The van der Waals surface area contributed by atoms with E-state index in [2.05, 4.69) is 49.2 Å². The number of carbonyl (C=O) groups excluding carboxylic acids is 1. The molecule has 1 fully saturated rings. The zero-order valence-corrected chi connectivity index (χ0v) is 11.9. The normalized spacial score (nSPS) is 23.4. The van der Waals surface area contributed by atoms with Crippen LogP contribution in [0.2, 0.25) is 0 Å². The molecular formula is C15H23N3O. The Bertz CT molecular complexity index is 472. The molecule has 4 nitrogen and oxygen atoms in total. The summed E-state index contributed by atoms with van der Waals surface area (Å²) in [4.78, 5) is 14.3. The summed E-state index contributed by atoms with van der Waals surface area (Å²) in [5.41, 5.74) is 9.29. The van der Waals surface area contributed by atoms with Crippen LogP contribution in [0, 0.1) is 13.8 Å². The number of benzene rings is 1. The van der Waals surface area contributed by atoms with Gasteiger partial charge in [-0.25, -0.2) is 0 Å². The second kappa shape index (κ2) is 5.61. The van der Waals surface area contributed by atoms with Gasteiger partial charge in [-0.3, -0.25) is 4.79 Å². The third-order valence-electron chi connectivity index (χ3n) is 3.91. The summed E-state index contributed by atoms with van der Waals surface area (Å²) in [6, 6.07) is 6.50. The van der Waals surface area contributed by atoms with Crippen molar-refractivity contribution in [2.24, 2.45) is 5.73 Å². The molecule has 0 spiro atoms. The summed E-state index contributed by atoms with van der Waals surface area (Å²) < 4.78 is 0. The molecule has 19 heavy (non-hydrogen) atoms. The highest BCUT2D eigenvalue weighted by molar-refractivity contribution is 5.87. The van der Waals surface area contributed by atoms with Crippen molar-refractivity contribution in [2.75, 3.05) is 18.0 Å². The van der Waals surface area contributed by atoms with Gasteiger partial charge < -0.3 is 16.0 Å². The van der Waals surface area contributed by atoms with Gasteiger partial charge in [0.25, 0.3) is 0 Å². The maximum atomic E-state index is 12.1.